The third-order valence-corrected chi connectivity index (χ3v) is 9.31. The van der Waals surface area contributed by atoms with Crippen LogP contribution in [0.4, 0.5) is 13.6 Å². The van der Waals surface area contributed by atoms with Crippen LogP contribution in [0, 0.1) is 12.7 Å². The van der Waals surface area contributed by atoms with E-state index in [0.29, 0.717) is 59.7 Å². The van der Waals surface area contributed by atoms with Crippen LogP contribution < -0.4 is 5.32 Å². The standard InChI is InChI=1S/C30H33F2N5O3S/c1-18-14-26-27(16-22(18)28(38)33-9-3-10-35-12-7-20(31)8-13-35)41-29-34-24(17-37(26)29)21-6-5-19(15-23(21)32)25-4-2-11-36(25)30(39)40/h5-6,14-17,20,25H,2-4,7-13H2,1H3,(H,33,38)(H,39,40)/t25-/m0/s1. The van der Waals surface area contributed by atoms with Crippen molar-refractivity contribution in [1.82, 2.24) is 24.5 Å². The molecule has 2 aliphatic rings. The first-order chi connectivity index (χ1) is 19.8. The molecule has 2 saturated heterocycles. The number of aryl methyl sites for hydroxylation is 1. The Balaban J connectivity index is 1.16. The van der Waals surface area contributed by atoms with Crippen molar-refractivity contribution in [3.8, 4) is 11.3 Å². The lowest BCUT2D eigenvalue weighted by Gasteiger charge is -2.28. The van der Waals surface area contributed by atoms with Crippen LogP contribution in [-0.2, 0) is 0 Å². The normalized spacial score (nSPS) is 18.5. The molecule has 1 atom stereocenters. The van der Waals surface area contributed by atoms with Crippen LogP contribution in [0.2, 0.25) is 0 Å². The Hall–Kier alpha value is -3.57. The Bertz CT molecular complexity index is 1610. The number of halogens is 2. The van der Waals surface area contributed by atoms with E-state index in [1.807, 2.05) is 23.5 Å². The van der Waals surface area contributed by atoms with Crippen LogP contribution in [0.1, 0.15) is 59.6 Å². The highest BCUT2D eigenvalue weighted by atomic mass is 32.1. The van der Waals surface area contributed by atoms with Crippen molar-refractivity contribution in [3.05, 3.63) is 59.0 Å². The molecule has 11 heteroatoms. The summed E-state index contributed by atoms with van der Waals surface area (Å²) in [6.45, 7) is 5.31. The molecular weight excluding hydrogens is 548 g/mol. The van der Waals surface area contributed by atoms with E-state index in [9.17, 15) is 19.1 Å². The van der Waals surface area contributed by atoms with Gasteiger partial charge < -0.3 is 20.2 Å². The topological polar surface area (TPSA) is 90.2 Å². The first kappa shape index (κ1) is 27.6. The van der Waals surface area contributed by atoms with Gasteiger partial charge in [0.2, 0.25) is 0 Å². The maximum Gasteiger partial charge on any atom is 0.407 e. The second-order valence-corrected chi connectivity index (χ2v) is 12.0. The van der Waals surface area contributed by atoms with Crippen molar-refractivity contribution in [2.45, 2.75) is 51.2 Å². The van der Waals surface area contributed by atoms with E-state index in [0.717, 1.165) is 48.3 Å². The number of carbonyl (C=O) groups excluding carboxylic acids is 1. The zero-order valence-corrected chi connectivity index (χ0v) is 23.7. The van der Waals surface area contributed by atoms with Crippen molar-refractivity contribution in [3.63, 3.8) is 0 Å². The summed E-state index contributed by atoms with van der Waals surface area (Å²) in [6, 6.07) is 8.40. The number of hydrogen-bond donors (Lipinski definition) is 2. The molecule has 0 saturated carbocycles. The number of benzene rings is 2. The number of nitrogens with zero attached hydrogens (tertiary/aromatic N) is 4. The molecule has 216 valence electrons. The fourth-order valence-electron chi connectivity index (χ4n) is 6.04. The largest absolute Gasteiger partial charge is 0.465 e. The average Bonchev–Trinajstić information content (AvgIpc) is 3.67. The molecule has 8 nitrogen and oxygen atoms in total. The van der Waals surface area contributed by atoms with Crippen LogP contribution in [0.5, 0.6) is 0 Å². The smallest absolute Gasteiger partial charge is 0.407 e. The van der Waals surface area contributed by atoms with Gasteiger partial charge in [-0.05, 0) is 81.0 Å². The molecule has 4 heterocycles. The van der Waals surface area contributed by atoms with Crippen molar-refractivity contribution >= 4 is 38.5 Å². The van der Waals surface area contributed by atoms with Gasteiger partial charge in [0.15, 0.2) is 4.96 Å². The number of likely N-dealkylation sites (tertiary alicyclic amines) is 2. The van der Waals surface area contributed by atoms with E-state index in [2.05, 4.69) is 15.2 Å². The van der Waals surface area contributed by atoms with Gasteiger partial charge in [0.1, 0.15) is 12.0 Å². The first-order valence-electron chi connectivity index (χ1n) is 14.1. The number of amides is 2. The van der Waals surface area contributed by atoms with Crippen molar-refractivity contribution in [2.24, 2.45) is 0 Å². The average molecular weight is 582 g/mol. The van der Waals surface area contributed by atoms with Crippen LogP contribution in [-0.4, -0.2) is 75.2 Å². The Morgan fingerprint density at radius 3 is 2.71 bits per heavy atom. The van der Waals surface area contributed by atoms with Gasteiger partial charge in [-0.3, -0.25) is 9.20 Å². The van der Waals surface area contributed by atoms with Gasteiger partial charge >= 0.3 is 6.09 Å². The number of rotatable bonds is 7. The maximum atomic E-state index is 15.2. The summed E-state index contributed by atoms with van der Waals surface area (Å²) in [4.78, 5) is 33.5. The number of piperidine rings is 1. The van der Waals surface area contributed by atoms with Gasteiger partial charge in [0.25, 0.3) is 5.91 Å². The summed E-state index contributed by atoms with van der Waals surface area (Å²) in [7, 11) is 0. The number of imidazole rings is 1. The third kappa shape index (κ3) is 5.52. The lowest BCUT2D eigenvalue weighted by molar-refractivity contribution is 0.0949. The number of nitrogens with one attached hydrogen (secondary N) is 1. The number of fused-ring (bicyclic) bond motifs is 3. The second kappa shape index (κ2) is 11.4. The second-order valence-electron chi connectivity index (χ2n) is 11.0. The monoisotopic (exact) mass is 581 g/mol. The zero-order chi connectivity index (χ0) is 28.7. The van der Waals surface area contributed by atoms with Gasteiger partial charge in [-0.2, -0.15) is 0 Å². The minimum atomic E-state index is -0.986. The fourth-order valence-corrected chi connectivity index (χ4v) is 7.07. The Morgan fingerprint density at radius 2 is 1.95 bits per heavy atom. The SMILES string of the molecule is Cc1cc2c(cc1C(=O)NCCCN1CCC(F)CC1)sc1nc(-c3ccc([C@@H]4CCCN4C(=O)O)cc3F)cn12. The van der Waals surface area contributed by atoms with E-state index in [1.165, 1.54) is 22.3 Å². The van der Waals surface area contributed by atoms with Gasteiger partial charge in [-0.1, -0.05) is 17.4 Å². The summed E-state index contributed by atoms with van der Waals surface area (Å²) in [5.74, 6) is -0.554. The minimum absolute atomic E-state index is 0.121. The number of hydrogen-bond acceptors (Lipinski definition) is 5. The maximum absolute atomic E-state index is 15.2. The summed E-state index contributed by atoms with van der Waals surface area (Å²) in [6.07, 6.45) is 3.57. The van der Waals surface area contributed by atoms with Crippen LogP contribution in [0.15, 0.2) is 36.5 Å². The quantitative estimate of drug-likeness (QED) is 0.260. The van der Waals surface area contributed by atoms with Gasteiger partial charge in [-0.15, -0.1) is 0 Å². The number of aromatic nitrogens is 2. The van der Waals surface area contributed by atoms with Crippen LogP contribution in [0.3, 0.4) is 0 Å². The molecule has 0 radical (unpaired) electrons. The molecule has 2 aromatic heterocycles. The molecule has 0 unspecified atom stereocenters. The highest BCUT2D eigenvalue weighted by Gasteiger charge is 2.30. The Labute approximate surface area is 240 Å². The number of carboxylic acid groups (broad SMARTS) is 1. The first-order valence-corrected chi connectivity index (χ1v) is 15.0. The van der Waals surface area contributed by atoms with Crippen molar-refractivity contribution in [1.29, 1.82) is 0 Å². The molecule has 4 aromatic rings. The fraction of sp³-hybridized carbons (Fsp3) is 0.433. The molecule has 6 rings (SSSR count). The Kier molecular flexibility index (Phi) is 7.65. The number of thiazole rings is 1. The Morgan fingerprint density at radius 1 is 1.15 bits per heavy atom. The highest BCUT2D eigenvalue weighted by molar-refractivity contribution is 7.23. The third-order valence-electron chi connectivity index (χ3n) is 8.29. The van der Waals surface area contributed by atoms with E-state index >= 15 is 4.39 Å². The molecule has 2 aromatic carbocycles. The summed E-state index contributed by atoms with van der Waals surface area (Å²) < 4.78 is 31.4. The molecule has 0 bridgehead atoms. The predicted molar refractivity (Wildman–Crippen MR) is 155 cm³/mol. The van der Waals surface area contributed by atoms with Gasteiger partial charge in [-0.25, -0.2) is 18.6 Å². The zero-order valence-electron chi connectivity index (χ0n) is 22.9. The van der Waals surface area contributed by atoms with Crippen LogP contribution >= 0.6 is 11.3 Å². The summed E-state index contributed by atoms with van der Waals surface area (Å²) in [5, 5.41) is 12.5. The van der Waals surface area contributed by atoms with E-state index in [1.54, 1.807) is 18.3 Å². The lowest BCUT2D eigenvalue weighted by atomic mass is 10.0. The number of carbonyl (C=O) groups is 2. The lowest BCUT2D eigenvalue weighted by Crippen LogP contribution is -2.36. The molecule has 2 amide bonds. The minimum Gasteiger partial charge on any atom is -0.465 e. The molecule has 2 fully saturated rings. The summed E-state index contributed by atoms with van der Waals surface area (Å²) in [5.41, 5.74) is 3.86. The molecule has 0 spiro atoms. The predicted octanol–water partition coefficient (Wildman–Crippen LogP) is 6.03. The molecule has 41 heavy (non-hydrogen) atoms. The van der Waals surface area contributed by atoms with Crippen LogP contribution in [0.25, 0.3) is 26.4 Å². The van der Waals surface area contributed by atoms with E-state index < -0.39 is 18.1 Å². The summed E-state index contributed by atoms with van der Waals surface area (Å²) >= 11 is 1.44. The van der Waals surface area contributed by atoms with E-state index in [4.69, 9.17) is 0 Å². The molecular formula is C30H33F2N5O3S. The molecule has 2 N–H and O–H groups in total. The van der Waals surface area contributed by atoms with E-state index in [-0.39, 0.29) is 11.9 Å². The molecule has 0 aliphatic carbocycles. The van der Waals surface area contributed by atoms with Crippen molar-refractivity contribution < 1.29 is 23.5 Å². The molecule has 2 aliphatic heterocycles. The van der Waals surface area contributed by atoms with Gasteiger partial charge in [0.05, 0.1) is 22.0 Å². The highest BCUT2D eigenvalue weighted by Crippen LogP contribution is 2.36. The number of alkyl halides is 1. The van der Waals surface area contributed by atoms with Crippen molar-refractivity contribution in [2.75, 3.05) is 32.7 Å². The van der Waals surface area contributed by atoms with Gasteiger partial charge in [0, 0.05) is 43.5 Å².